The first kappa shape index (κ1) is 12.8. The van der Waals surface area contributed by atoms with E-state index >= 15 is 0 Å². The molecule has 0 atom stereocenters. The molecule has 5 nitrogen and oxygen atoms in total. The van der Waals surface area contributed by atoms with E-state index in [0.29, 0.717) is 9.50 Å². The number of carbonyl (C=O) groups is 1. The predicted molar refractivity (Wildman–Crippen MR) is 68.2 cm³/mol. The standard InChI is InChI=1S/C11H6BrClN2O3/c12-9-2-7(13)4-15-10(9)18-8-1-6(11(16)17)3-14-5-8/h1-5H,(H,16,17). The van der Waals surface area contributed by atoms with Gasteiger partial charge in [0.25, 0.3) is 0 Å². The van der Waals surface area contributed by atoms with Gasteiger partial charge in [-0.05, 0) is 28.1 Å². The average Bonchev–Trinajstić information content (AvgIpc) is 2.33. The Bertz CT molecular complexity index is 607. The second-order valence-electron chi connectivity index (χ2n) is 3.26. The van der Waals surface area contributed by atoms with Crippen LogP contribution in [-0.4, -0.2) is 21.0 Å². The molecular formula is C11H6BrClN2O3. The fraction of sp³-hybridized carbons (Fsp3) is 0. The Morgan fingerprint density at radius 3 is 2.78 bits per heavy atom. The van der Waals surface area contributed by atoms with Gasteiger partial charge in [0, 0.05) is 12.4 Å². The van der Waals surface area contributed by atoms with Crippen LogP contribution < -0.4 is 4.74 Å². The molecule has 2 heterocycles. The van der Waals surface area contributed by atoms with Gasteiger partial charge in [0.05, 0.1) is 21.3 Å². The number of aromatic carboxylic acids is 1. The van der Waals surface area contributed by atoms with Gasteiger partial charge in [-0.3, -0.25) is 4.98 Å². The molecule has 0 radical (unpaired) electrons. The Kier molecular flexibility index (Phi) is 3.78. The Hall–Kier alpha value is -1.66. The van der Waals surface area contributed by atoms with Gasteiger partial charge < -0.3 is 9.84 Å². The van der Waals surface area contributed by atoms with E-state index in [9.17, 15) is 4.79 Å². The van der Waals surface area contributed by atoms with Gasteiger partial charge in [-0.25, -0.2) is 9.78 Å². The average molecular weight is 330 g/mol. The van der Waals surface area contributed by atoms with Crippen molar-refractivity contribution in [1.82, 2.24) is 9.97 Å². The molecule has 18 heavy (non-hydrogen) atoms. The minimum absolute atomic E-state index is 0.0394. The van der Waals surface area contributed by atoms with E-state index in [4.69, 9.17) is 21.4 Å². The number of halogens is 2. The summed E-state index contributed by atoms with van der Waals surface area (Å²) in [6, 6.07) is 2.98. The molecule has 2 aromatic heterocycles. The maximum absolute atomic E-state index is 10.8. The van der Waals surface area contributed by atoms with Crippen molar-refractivity contribution < 1.29 is 14.6 Å². The van der Waals surface area contributed by atoms with Crippen LogP contribution in [-0.2, 0) is 0 Å². The first-order valence-electron chi connectivity index (χ1n) is 4.73. The van der Waals surface area contributed by atoms with E-state index in [2.05, 4.69) is 25.9 Å². The zero-order valence-electron chi connectivity index (χ0n) is 8.80. The summed E-state index contributed by atoms with van der Waals surface area (Å²) in [5.41, 5.74) is 0.0394. The van der Waals surface area contributed by atoms with Crippen LogP contribution >= 0.6 is 27.5 Å². The Morgan fingerprint density at radius 1 is 1.33 bits per heavy atom. The highest BCUT2D eigenvalue weighted by molar-refractivity contribution is 9.10. The smallest absolute Gasteiger partial charge is 0.337 e. The zero-order valence-corrected chi connectivity index (χ0v) is 11.1. The normalized spacial score (nSPS) is 10.1. The van der Waals surface area contributed by atoms with Crippen LogP contribution in [0, 0.1) is 0 Å². The molecule has 0 unspecified atom stereocenters. The molecular weight excluding hydrogens is 323 g/mol. The third-order valence-corrected chi connectivity index (χ3v) is 2.72. The van der Waals surface area contributed by atoms with Crippen LogP contribution in [0.25, 0.3) is 0 Å². The van der Waals surface area contributed by atoms with Crippen molar-refractivity contribution >= 4 is 33.5 Å². The quantitative estimate of drug-likeness (QED) is 0.934. The Morgan fingerprint density at radius 2 is 2.11 bits per heavy atom. The highest BCUT2D eigenvalue weighted by Gasteiger charge is 2.08. The van der Waals surface area contributed by atoms with Crippen LogP contribution in [0.5, 0.6) is 11.6 Å². The van der Waals surface area contributed by atoms with Crippen LogP contribution in [0.15, 0.2) is 35.2 Å². The predicted octanol–water partition coefficient (Wildman–Crippen LogP) is 3.38. The summed E-state index contributed by atoms with van der Waals surface area (Å²) in [6.45, 7) is 0. The summed E-state index contributed by atoms with van der Waals surface area (Å²) in [7, 11) is 0. The molecule has 0 aromatic carbocycles. The van der Waals surface area contributed by atoms with E-state index < -0.39 is 5.97 Å². The highest BCUT2D eigenvalue weighted by atomic mass is 79.9. The lowest BCUT2D eigenvalue weighted by Crippen LogP contribution is -1.98. The summed E-state index contributed by atoms with van der Waals surface area (Å²) >= 11 is 8.99. The van der Waals surface area contributed by atoms with Crippen molar-refractivity contribution in [1.29, 1.82) is 0 Å². The number of aromatic nitrogens is 2. The van der Waals surface area contributed by atoms with E-state index in [1.807, 2.05) is 0 Å². The molecule has 0 aliphatic rings. The summed E-state index contributed by atoms with van der Waals surface area (Å²) < 4.78 is 5.98. The monoisotopic (exact) mass is 328 g/mol. The van der Waals surface area contributed by atoms with Crippen LogP contribution in [0.1, 0.15) is 10.4 Å². The fourth-order valence-corrected chi connectivity index (χ4v) is 1.90. The molecule has 0 saturated carbocycles. The number of hydrogen-bond donors (Lipinski definition) is 1. The molecule has 1 N–H and O–H groups in total. The number of hydrogen-bond acceptors (Lipinski definition) is 4. The molecule has 0 spiro atoms. The molecule has 0 saturated heterocycles. The van der Waals surface area contributed by atoms with Gasteiger partial charge in [-0.1, -0.05) is 11.6 Å². The van der Waals surface area contributed by atoms with E-state index in [1.54, 1.807) is 6.07 Å². The van der Waals surface area contributed by atoms with Crippen LogP contribution in [0.2, 0.25) is 5.02 Å². The van der Waals surface area contributed by atoms with Gasteiger partial charge in [-0.15, -0.1) is 0 Å². The number of ether oxygens (including phenoxy) is 1. The van der Waals surface area contributed by atoms with Crippen molar-refractivity contribution in [2.75, 3.05) is 0 Å². The SMILES string of the molecule is O=C(O)c1cncc(Oc2ncc(Cl)cc2Br)c1. The minimum Gasteiger partial charge on any atom is -0.478 e. The van der Waals surface area contributed by atoms with E-state index in [-0.39, 0.29) is 17.2 Å². The number of nitrogens with zero attached hydrogens (tertiary/aromatic N) is 2. The lowest BCUT2D eigenvalue weighted by molar-refractivity contribution is 0.0696. The fourth-order valence-electron chi connectivity index (χ4n) is 1.18. The Labute approximate surface area is 116 Å². The maximum atomic E-state index is 10.8. The van der Waals surface area contributed by atoms with Gasteiger partial charge in [0.2, 0.25) is 5.88 Å². The van der Waals surface area contributed by atoms with Crippen molar-refractivity contribution in [2.45, 2.75) is 0 Å². The third-order valence-electron chi connectivity index (χ3n) is 1.95. The summed E-state index contributed by atoms with van der Waals surface area (Å²) in [6.07, 6.45) is 4.06. The van der Waals surface area contributed by atoms with Gasteiger partial charge in [0.15, 0.2) is 0 Å². The number of carboxylic acids is 1. The summed E-state index contributed by atoms with van der Waals surface area (Å²) in [4.78, 5) is 18.5. The molecule has 0 fully saturated rings. The molecule has 2 aromatic rings. The van der Waals surface area contributed by atoms with Crippen LogP contribution in [0.3, 0.4) is 0 Å². The second kappa shape index (κ2) is 5.32. The van der Waals surface area contributed by atoms with Crippen molar-refractivity contribution in [2.24, 2.45) is 0 Å². The lowest BCUT2D eigenvalue weighted by atomic mass is 10.3. The summed E-state index contributed by atoms with van der Waals surface area (Å²) in [5, 5.41) is 9.29. The second-order valence-corrected chi connectivity index (χ2v) is 4.55. The first-order valence-corrected chi connectivity index (χ1v) is 5.90. The lowest BCUT2D eigenvalue weighted by Gasteiger charge is -2.06. The number of carboxylic acid groups (broad SMARTS) is 1. The maximum Gasteiger partial charge on any atom is 0.337 e. The zero-order chi connectivity index (χ0) is 13.1. The minimum atomic E-state index is -1.07. The third kappa shape index (κ3) is 2.96. The van der Waals surface area contributed by atoms with Gasteiger partial charge >= 0.3 is 5.97 Å². The molecule has 0 aliphatic carbocycles. The van der Waals surface area contributed by atoms with Crippen molar-refractivity contribution in [3.05, 3.63) is 45.8 Å². The Balaban J connectivity index is 2.28. The van der Waals surface area contributed by atoms with Gasteiger partial charge in [0.1, 0.15) is 5.75 Å². The molecule has 0 bridgehead atoms. The molecule has 0 aliphatic heterocycles. The van der Waals surface area contributed by atoms with Crippen molar-refractivity contribution in [3.8, 4) is 11.6 Å². The van der Waals surface area contributed by atoms with E-state index in [1.165, 1.54) is 24.7 Å². The van der Waals surface area contributed by atoms with Crippen molar-refractivity contribution in [3.63, 3.8) is 0 Å². The van der Waals surface area contributed by atoms with Crippen LogP contribution in [0.4, 0.5) is 0 Å². The molecule has 92 valence electrons. The molecule has 7 heteroatoms. The molecule has 0 amide bonds. The highest BCUT2D eigenvalue weighted by Crippen LogP contribution is 2.29. The first-order chi connectivity index (χ1) is 8.56. The van der Waals surface area contributed by atoms with E-state index in [0.717, 1.165) is 0 Å². The topological polar surface area (TPSA) is 72.3 Å². The molecule has 2 rings (SSSR count). The van der Waals surface area contributed by atoms with Gasteiger partial charge in [-0.2, -0.15) is 0 Å². The number of rotatable bonds is 3. The summed E-state index contributed by atoms with van der Waals surface area (Å²) in [5.74, 6) is -0.509. The number of pyridine rings is 2. The largest absolute Gasteiger partial charge is 0.478 e.